The summed E-state index contributed by atoms with van der Waals surface area (Å²) in [6.45, 7) is 14.7. The summed E-state index contributed by atoms with van der Waals surface area (Å²) in [6, 6.07) is 6.11. The van der Waals surface area contributed by atoms with E-state index in [2.05, 4.69) is 5.32 Å². The Balaban J connectivity index is 1.38. The highest BCUT2D eigenvalue weighted by atomic mass is 19.1. The predicted octanol–water partition coefficient (Wildman–Crippen LogP) is 3.41. The molecule has 0 aliphatic carbocycles. The molecule has 0 bridgehead atoms. The zero-order valence-electron chi connectivity index (χ0n) is 25.7. The summed E-state index contributed by atoms with van der Waals surface area (Å²) in [5.74, 6) is -4.18. The number of ketones is 1. The molecule has 2 aromatic carbocycles. The molecule has 0 aromatic heterocycles. The van der Waals surface area contributed by atoms with E-state index in [0.29, 0.717) is 0 Å². The number of carbonyl (C=O) groups excluding carboxylic acids is 2. The number of hydrogen-bond acceptors (Lipinski definition) is 7. The smallest absolute Gasteiger partial charge is 0.480 e. The first-order valence-electron chi connectivity index (χ1n) is 14.1. The molecule has 13 heteroatoms. The molecule has 0 spiro atoms. The topological polar surface area (TPSA) is 120 Å². The van der Waals surface area contributed by atoms with Crippen molar-refractivity contribution in [2.45, 2.75) is 96.7 Å². The van der Waals surface area contributed by atoms with Gasteiger partial charge in [0.2, 0.25) is 0 Å². The Kier molecular flexibility index (Phi) is 8.71. The maximum atomic E-state index is 15.0. The van der Waals surface area contributed by atoms with Crippen LogP contribution < -0.4 is 16.2 Å². The number of nitrogens with one attached hydrogen (secondary N) is 1. The van der Waals surface area contributed by atoms with Gasteiger partial charge in [0.1, 0.15) is 17.7 Å². The summed E-state index contributed by atoms with van der Waals surface area (Å²) in [7, 11) is -1.92. The van der Waals surface area contributed by atoms with Crippen molar-refractivity contribution in [2.75, 3.05) is 0 Å². The highest BCUT2D eigenvalue weighted by Crippen LogP contribution is 2.37. The van der Waals surface area contributed by atoms with Crippen molar-refractivity contribution in [3.05, 3.63) is 59.2 Å². The number of benzene rings is 2. The van der Waals surface area contributed by atoms with Crippen LogP contribution in [0.2, 0.25) is 0 Å². The Hall–Kier alpha value is -3.12. The molecular formula is C30H37B2F2NO8. The molecule has 2 fully saturated rings. The third-order valence-corrected chi connectivity index (χ3v) is 8.86. The molecule has 43 heavy (non-hydrogen) atoms. The van der Waals surface area contributed by atoms with Crippen LogP contribution in [0.25, 0.3) is 0 Å². The van der Waals surface area contributed by atoms with E-state index in [1.807, 2.05) is 55.4 Å². The number of carbonyl (C=O) groups is 3. The molecular weight excluding hydrogens is 562 g/mol. The number of rotatable bonds is 9. The van der Waals surface area contributed by atoms with Crippen LogP contribution in [-0.2, 0) is 23.4 Å². The highest BCUT2D eigenvalue weighted by molar-refractivity contribution is 6.62. The molecule has 2 aromatic rings. The van der Waals surface area contributed by atoms with Gasteiger partial charge in [-0.2, -0.15) is 0 Å². The van der Waals surface area contributed by atoms with Crippen LogP contribution in [0.3, 0.4) is 0 Å². The van der Waals surface area contributed by atoms with Crippen LogP contribution in [0.4, 0.5) is 8.78 Å². The molecule has 1 amide bonds. The Morgan fingerprint density at radius 1 is 0.744 bits per heavy atom. The Morgan fingerprint density at radius 2 is 1.14 bits per heavy atom. The van der Waals surface area contributed by atoms with E-state index >= 15 is 0 Å². The second-order valence-electron chi connectivity index (χ2n) is 13.0. The fourth-order valence-corrected chi connectivity index (χ4v) is 4.61. The second kappa shape index (κ2) is 11.4. The largest absolute Gasteiger partial charge is 0.497 e. The lowest BCUT2D eigenvalue weighted by Crippen LogP contribution is -2.41. The maximum absolute atomic E-state index is 15.0. The van der Waals surface area contributed by atoms with E-state index < -0.39 is 72.0 Å². The van der Waals surface area contributed by atoms with Gasteiger partial charge in [0.25, 0.3) is 5.91 Å². The van der Waals surface area contributed by atoms with E-state index in [1.165, 1.54) is 24.3 Å². The molecule has 2 aliphatic heterocycles. The number of carboxylic acids is 1. The Morgan fingerprint density at radius 3 is 1.53 bits per heavy atom. The molecule has 0 radical (unpaired) electrons. The van der Waals surface area contributed by atoms with Gasteiger partial charge in [-0.05, 0) is 80.0 Å². The summed E-state index contributed by atoms with van der Waals surface area (Å²) in [5.41, 5.74) is -2.55. The first kappa shape index (κ1) is 32.8. The Bertz CT molecular complexity index is 1410. The van der Waals surface area contributed by atoms with Crippen molar-refractivity contribution < 1.29 is 46.9 Å². The van der Waals surface area contributed by atoms with Gasteiger partial charge in [-0.25, -0.2) is 13.6 Å². The van der Waals surface area contributed by atoms with Gasteiger partial charge in [0, 0.05) is 28.5 Å². The molecule has 0 unspecified atom stereocenters. The van der Waals surface area contributed by atoms with Crippen LogP contribution in [-0.4, -0.2) is 65.4 Å². The molecule has 230 valence electrons. The maximum Gasteiger partial charge on any atom is 0.497 e. The minimum atomic E-state index is -1.45. The minimum absolute atomic E-state index is 0.0357. The van der Waals surface area contributed by atoms with Gasteiger partial charge in [-0.1, -0.05) is 18.2 Å². The van der Waals surface area contributed by atoms with E-state index in [0.717, 1.165) is 12.1 Å². The summed E-state index contributed by atoms with van der Waals surface area (Å²) in [6.07, 6.45) is -0.559. The van der Waals surface area contributed by atoms with Gasteiger partial charge >= 0.3 is 20.2 Å². The lowest BCUT2D eigenvalue weighted by Gasteiger charge is -2.32. The lowest BCUT2D eigenvalue weighted by molar-refractivity contribution is -0.139. The summed E-state index contributed by atoms with van der Waals surface area (Å²) >= 11 is 0. The second-order valence-corrected chi connectivity index (χ2v) is 13.0. The third kappa shape index (κ3) is 6.55. The molecule has 1 atom stereocenters. The van der Waals surface area contributed by atoms with Gasteiger partial charge in [-0.15, -0.1) is 0 Å². The van der Waals surface area contributed by atoms with Crippen LogP contribution in [0.15, 0.2) is 36.4 Å². The lowest BCUT2D eigenvalue weighted by atomic mass is 9.78. The third-order valence-electron chi connectivity index (χ3n) is 8.86. The van der Waals surface area contributed by atoms with Crippen LogP contribution in [0.5, 0.6) is 0 Å². The van der Waals surface area contributed by atoms with Crippen molar-refractivity contribution >= 4 is 42.8 Å². The van der Waals surface area contributed by atoms with Crippen LogP contribution >= 0.6 is 0 Å². The minimum Gasteiger partial charge on any atom is -0.480 e. The van der Waals surface area contributed by atoms with E-state index in [1.54, 1.807) is 0 Å². The van der Waals surface area contributed by atoms with Gasteiger partial charge < -0.3 is 29.0 Å². The first-order chi connectivity index (χ1) is 19.7. The Labute approximate surface area is 250 Å². The number of aliphatic carboxylic acids is 1. The predicted molar refractivity (Wildman–Crippen MR) is 157 cm³/mol. The van der Waals surface area contributed by atoms with Crippen molar-refractivity contribution in [1.82, 2.24) is 5.32 Å². The normalized spacial score (nSPS) is 20.6. The summed E-state index contributed by atoms with van der Waals surface area (Å²) in [4.78, 5) is 37.5. The summed E-state index contributed by atoms with van der Waals surface area (Å²) in [5, 5.41) is 12.0. The zero-order valence-corrected chi connectivity index (χ0v) is 25.7. The molecule has 2 aliphatic rings. The number of carboxylic acid groups (broad SMARTS) is 1. The zero-order chi connectivity index (χ0) is 32.1. The van der Waals surface area contributed by atoms with Crippen molar-refractivity contribution in [2.24, 2.45) is 0 Å². The monoisotopic (exact) mass is 599 g/mol. The standard InChI is InChI=1S/C30H37B2F2NO8/c1-27(2)28(3,4)41-31(40-27)19-11-9-17(15-21(19)33)24(36)14-13-23(26(38)39)35-25(37)18-10-12-20(22(34)16-18)32-42-29(5,6)30(7,8)43-32/h9-12,15-16,23H,13-14H2,1-8H3,(H,35,37)(H,38,39)/t23-/m0/s1. The average molecular weight is 599 g/mol. The number of hydrogen-bond donors (Lipinski definition) is 2. The van der Waals surface area contributed by atoms with Crippen molar-refractivity contribution in [3.63, 3.8) is 0 Å². The molecule has 4 rings (SSSR count). The summed E-state index contributed by atoms with van der Waals surface area (Å²) < 4.78 is 53.5. The SMILES string of the molecule is CC1(C)OB(c2ccc(C(=O)CC[C@H](NC(=O)c3ccc(B4OC(C)(C)C(C)(C)O4)c(F)c3)C(=O)O)cc2F)OC1(C)C. The molecule has 2 heterocycles. The molecule has 9 nitrogen and oxygen atoms in total. The van der Waals surface area contributed by atoms with Crippen molar-refractivity contribution in [1.29, 1.82) is 0 Å². The number of Topliss-reactive ketones (excluding diaryl/α,β-unsaturated/α-hetero) is 1. The molecule has 2 N–H and O–H groups in total. The van der Waals surface area contributed by atoms with Crippen LogP contribution in [0.1, 0.15) is 88.9 Å². The quantitative estimate of drug-likeness (QED) is 0.333. The van der Waals surface area contributed by atoms with Gasteiger partial charge in [0.15, 0.2) is 5.78 Å². The fraction of sp³-hybridized carbons (Fsp3) is 0.500. The first-order valence-corrected chi connectivity index (χ1v) is 14.1. The van der Waals surface area contributed by atoms with Crippen LogP contribution in [0, 0.1) is 11.6 Å². The van der Waals surface area contributed by atoms with Crippen molar-refractivity contribution in [3.8, 4) is 0 Å². The highest BCUT2D eigenvalue weighted by Gasteiger charge is 2.53. The van der Waals surface area contributed by atoms with Gasteiger partial charge in [0.05, 0.1) is 22.4 Å². The van der Waals surface area contributed by atoms with E-state index in [4.69, 9.17) is 18.6 Å². The average Bonchev–Trinajstić information content (AvgIpc) is 3.24. The number of amides is 1. The van der Waals surface area contributed by atoms with Gasteiger partial charge in [-0.3, -0.25) is 9.59 Å². The molecule has 0 saturated carbocycles. The van der Waals surface area contributed by atoms with E-state index in [9.17, 15) is 28.3 Å². The number of halogens is 2. The van der Waals surface area contributed by atoms with E-state index in [-0.39, 0.29) is 34.9 Å². The fourth-order valence-electron chi connectivity index (χ4n) is 4.61. The molecule has 2 saturated heterocycles.